The fraction of sp³-hybridized carbons (Fsp3) is 0.483. The summed E-state index contributed by atoms with van der Waals surface area (Å²) in [5.41, 5.74) is 2.66. The quantitative estimate of drug-likeness (QED) is 0.282. The third-order valence-corrected chi connectivity index (χ3v) is 6.94. The van der Waals surface area contributed by atoms with Crippen molar-refractivity contribution in [1.82, 2.24) is 10.6 Å². The van der Waals surface area contributed by atoms with Crippen LogP contribution >= 0.6 is 0 Å². The minimum atomic E-state index is -0.931. The standard InChI is InChI=1S/C29H38F2N2O2/c1-3-4-6-10-22-11-9-12-24(15-22)29(13-7-5-8-14-29)32-20-28(35)27(33-21(2)34)18-23-16-25(30)19-26(31)17-23/h3,9,11-12,15-17,19,27-28,32,35H,1,4-8,10,13-14,18,20H2,2H3,(H,33,34)/t27-,28+/m0/s1. The van der Waals surface area contributed by atoms with E-state index in [-0.39, 0.29) is 24.4 Å². The van der Waals surface area contributed by atoms with Gasteiger partial charge in [-0.25, -0.2) is 8.78 Å². The summed E-state index contributed by atoms with van der Waals surface area (Å²) in [6, 6.07) is 11.3. The number of unbranched alkanes of at least 4 members (excludes halogenated alkanes) is 1. The Hall–Kier alpha value is -2.57. The molecule has 0 bridgehead atoms. The van der Waals surface area contributed by atoms with Crippen LogP contribution in [0.1, 0.15) is 68.6 Å². The first kappa shape index (κ1) is 27.0. The molecule has 0 aliphatic heterocycles. The molecule has 0 radical (unpaired) electrons. The summed E-state index contributed by atoms with van der Waals surface area (Å²) < 4.78 is 27.4. The molecule has 1 aliphatic rings. The van der Waals surface area contributed by atoms with Crippen LogP contribution in [0.3, 0.4) is 0 Å². The number of aliphatic hydroxyl groups excluding tert-OH is 1. The van der Waals surface area contributed by atoms with Gasteiger partial charge in [0.2, 0.25) is 5.91 Å². The summed E-state index contributed by atoms with van der Waals surface area (Å²) >= 11 is 0. The molecule has 190 valence electrons. The maximum Gasteiger partial charge on any atom is 0.217 e. The molecule has 2 aromatic carbocycles. The Kier molecular flexibility index (Phi) is 9.99. The van der Waals surface area contributed by atoms with Crippen LogP contribution in [-0.4, -0.2) is 29.7 Å². The Morgan fingerprint density at radius 1 is 1.11 bits per heavy atom. The molecule has 4 nitrogen and oxygen atoms in total. The Morgan fingerprint density at radius 2 is 1.83 bits per heavy atom. The van der Waals surface area contributed by atoms with E-state index in [1.165, 1.54) is 36.6 Å². The number of rotatable bonds is 12. The van der Waals surface area contributed by atoms with Crippen molar-refractivity contribution in [2.75, 3.05) is 6.54 Å². The molecule has 0 saturated heterocycles. The molecular weight excluding hydrogens is 446 g/mol. The summed E-state index contributed by atoms with van der Waals surface area (Å²) in [6.07, 6.45) is 9.50. The second-order valence-electron chi connectivity index (χ2n) is 9.76. The molecule has 0 spiro atoms. The summed E-state index contributed by atoms with van der Waals surface area (Å²) in [6.45, 7) is 5.43. The van der Waals surface area contributed by atoms with Gasteiger partial charge in [-0.15, -0.1) is 6.58 Å². The highest BCUT2D eigenvalue weighted by atomic mass is 19.1. The van der Waals surface area contributed by atoms with Crippen LogP contribution in [0.5, 0.6) is 0 Å². The van der Waals surface area contributed by atoms with E-state index in [4.69, 9.17) is 0 Å². The van der Waals surface area contributed by atoms with Gasteiger partial charge in [0, 0.05) is 25.1 Å². The lowest BCUT2D eigenvalue weighted by molar-refractivity contribution is -0.120. The zero-order valence-corrected chi connectivity index (χ0v) is 20.7. The number of nitrogens with one attached hydrogen (secondary N) is 2. The third-order valence-electron chi connectivity index (χ3n) is 6.94. The van der Waals surface area contributed by atoms with Crippen molar-refractivity contribution < 1.29 is 18.7 Å². The van der Waals surface area contributed by atoms with Gasteiger partial charge in [0.1, 0.15) is 11.6 Å². The van der Waals surface area contributed by atoms with Crippen molar-refractivity contribution in [2.24, 2.45) is 0 Å². The van der Waals surface area contributed by atoms with Crippen LogP contribution in [0.25, 0.3) is 0 Å². The first-order chi connectivity index (χ1) is 16.8. The van der Waals surface area contributed by atoms with Crippen molar-refractivity contribution in [2.45, 2.75) is 82.4 Å². The summed E-state index contributed by atoms with van der Waals surface area (Å²) in [7, 11) is 0. The van der Waals surface area contributed by atoms with Gasteiger partial charge >= 0.3 is 0 Å². The Bertz CT molecular complexity index is 968. The highest BCUT2D eigenvalue weighted by molar-refractivity contribution is 5.73. The minimum absolute atomic E-state index is 0.128. The molecule has 1 amide bonds. The molecule has 1 fully saturated rings. The number of hydrogen-bond acceptors (Lipinski definition) is 3. The second-order valence-corrected chi connectivity index (χ2v) is 9.76. The maximum absolute atomic E-state index is 13.7. The van der Waals surface area contributed by atoms with E-state index in [0.29, 0.717) is 5.56 Å². The van der Waals surface area contributed by atoms with Crippen LogP contribution in [-0.2, 0) is 23.2 Å². The van der Waals surface area contributed by atoms with Gasteiger partial charge in [0.15, 0.2) is 0 Å². The van der Waals surface area contributed by atoms with Crippen LogP contribution in [0.15, 0.2) is 55.1 Å². The molecule has 2 aromatic rings. The van der Waals surface area contributed by atoms with E-state index >= 15 is 0 Å². The molecule has 0 unspecified atom stereocenters. The van der Waals surface area contributed by atoms with E-state index in [1.807, 2.05) is 6.08 Å². The molecule has 6 heteroatoms. The third kappa shape index (κ3) is 7.97. The molecule has 0 aromatic heterocycles. The molecule has 1 saturated carbocycles. The van der Waals surface area contributed by atoms with Gasteiger partial charge in [-0.2, -0.15) is 0 Å². The molecule has 35 heavy (non-hydrogen) atoms. The predicted octanol–water partition coefficient (Wildman–Crippen LogP) is 5.33. The zero-order valence-electron chi connectivity index (χ0n) is 20.7. The van der Waals surface area contributed by atoms with Gasteiger partial charge in [0.25, 0.3) is 0 Å². The fourth-order valence-corrected chi connectivity index (χ4v) is 5.17. The van der Waals surface area contributed by atoms with E-state index in [0.717, 1.165) is 51.0 Å². The van der Waals surface area contributed by atoms with Crippen LogP contribution in [0.4, 0.5) is 8.78 Å². The van der Waals surface area contributed by atoms with Crippen LogP contribution < -0.4 is 10.6 Å². The van der Waals surface area contributed by atoms with Gasteiger partial charge in [-0.05, 0) is 67.3 Å². The van der Waals surface area contributed by atoms with Crippen molar-refractivity contribution in [1.29, 1.82) is 0 Å². The lowest BCUT2D eigenvalue weighted by atomic mass is 9.76. The molecule has 2 atom stereocenters. The van der Waals surface area contributed by atoms with Gasteiger partial charge in [-0.1, -0.05) is 49.6 Å². The second kappa shape index (κ2) is 12.9. The van der Waals surface area contributed by atoms with E-state index in [9.17, 15) is 18.7 Å². The minimum Gasteiger partial charge on any atom is -0.390 e. The number of allylic oxidation sites excluding steroid dienone is 1. The summed E-state index contributed by atoms with van der Waals surface area (Å²) in [5, 5.41) is 17.5. The maximum atomic E-state index is 13.7. The number of hydrogen-bond donors (Lipinski definition) is 3. The lowest BCUT2D eigenvalue weighted by Crippen LogP contribution is -2.53. The average molecular weight is 485 g/mol. The number of carbonyl (C=O) groups excluding carboxylic acids is 1. The van der Waals surface area contributed by atoms with Crippen molar-refractivity contribution in [3.8, 4) is 0 Å². The largest absolute Gasteiger partial charge is 0.390 e. The van der Waals surface area contributed by atoms with Crippen molar-refractivity contribution in [3.63, 3.8) is 0 Å². The summed E-state index contributed by atoms with van der Waals surface area (Å²) in [4.78, 5) is 11.8. The Labute approximate surface area is 207 Å². The molecule has 1 aliphatic carbocycles. The number of amides is 1. The van der Waals surface area contributed by atoms with E-state index < -0.39 is 23.8 Å². The van der Waals surface area contributed by atoms with Crippen LogP contribution in [0.2, 0.25) is 0 Å². The monoisotopic (exact) mass is 484 g/mol. The fourth-order valence-electron chi connectivity index (χ4n) is 5.17. The number of carbonyl (C=O) groups is 1. The van der Waals surface area contributed by atoms with E-state index in [2.05, 4.69) is 41.5 Å². The molecular formula is C29H38F2N2O2. The van der Waals surface area contributed by atoms with Gasteiger partial charge in [0.05, 0.1) is 12.1 Å². The normalized spacial score (nSPS) is 16.9. The van der Waals surface area contributed by atoms with Gasteiger partial charge < -0.3 is 15.7 Å². The smallest absolute Gasteiger partial charge is 0.217 e. The number of halogens is 2. The van der Waals surface area contributed by atoms with E-state index in [1.54, 1.807) is 0 Å². The first-order valence-electron chi connectivity index (χ1n) is 12.7. The Balaban J connectivity index is 1.75. The van der Waals surface area contributed by atoms with Crippen molar-refractivity contribution >= 4 is 5.91 Å². The first-order valence-corrected chi connectivity index (χ1v) is 12.7. The molecule has 3 rings (SSSR count). The van der Waals surface area contributed by atoms with Crippen molar-refractivity contribution in [3.05, 3.63) is 83.4 Å². The topological polar surface area (TPSA) is 61.4 Å². The predicted molar refractivity (Wildman–Crippen MR) is 136 cm³/mol. The summed E-state index contributed by atoms with van der Waals surface area (Å²) in [5.74, 6) is -1.66. The lowest BCUT2D eigenvalue weighted by Gasteiger charge is -2.40. The SMILES string of the molecule is C=CCCCc1cccc(C2(NC[C@@H](O)[C@H](Cc3cc(F)cc(F)c3)NC(C)=O)CCCCC2)c1. The highest BCUT2D eigenvalue weighted by Gasteiger charge is 2.35. The van der Waals surface area contributed by atoms with Gasteiger partial charge in [-0.3, -0.25) is 4.79 Å². The zero-order chi connectivity index (χ0) is 25.3. The average Bonchev–Trinajstić information content (AvgIpc) is 2.82. The number of aryl methyl sites for hydroxylation is 1. The Morgan fingerprint density at radius 3 is 2.49 bits per heavy atom. The molecule has 0 heterocycles. The van der Waals surface area contributed by atoms with Crippen LogP contribution in [0, 0.1) is 11.6 Å². The molecule has 3 N–H and O–H groups in total. The highest BCUT2D eigenvalue weighted by Crippen LogP contribution is 2.37. The number of aliphatic hydroxyl groups is 1. The number of benzene rings is 2.